The maximum Gasteiger partial charge on any atom is 0.227 e. The van der Waals surface area contributed by atoms with E-state index in [1.54, 1.807) is 18.2 Å². The van der Waals surface area contributed by atoms with Crippen molar-refractivity contribution in [2.45, 2.75) is 25.7 Å². The van der Waals surface area contributed by atoms with Crippen molar-refractivity contribution < 1.29 is 4.79 Å². The first-order valence-corrected chi connectivity index (χ1v) is 7.15. The fourth-order valence-electron chi connectivity index (χ4n) is 3.38. The third-order valence-corrected chi connectivity index (χ3v) is 4.83. The van der Waals surface area contributed by atoms with Crippen LogP contribution in [-0.4, -0.2) is 5.91 Å². The molecule has 0 saturated heterocycles. The van der Waals surface area contributed by atoms with Gasteiger partial charge in [-0.05, 0) is 49.3 Å². The Morgan fingerprint density at radius 1 is 1.22 bits per heavy atom. The number of hydrogen-bond donors (Lipinski definition) is 1. The van der Waals surface area contributed by atoms with Crippen molar-refractivity contribution in [2.75, 3.05) is 5.32 Å². The van der Waals surface area contributed by atoms with Gasteiger partial charge in [-0.3, -0.25) is 4.79 Å². The van der Waals surface area contributed by atoms with Crippen LogP contribution in [-0.2, 0) is 4.79 Å². The summed E-state index contributed by atoms with van der Waals surface area (Å²) in [5.74, 6) is 1.61. The van der Waals surface area contributed by atoms with Gasteiger partial charge in [0.15, 0.2) is 0 Å². The Balaban J connectivity index is 1.72. The van der Waals surface area contributed by atoms with E-state index in [2.05, 4.69) is 5.32 Å². The van der Waals surface area contributed by atoms with Crippen molar-refractivity contribution in [3.05, 3.63) is 28.2 Å². The van der Waals surface area contributed by atoms with E-state index in [0.29, 0.717) is 21.7 Å². The molecule has 3 rings (SSSR count). The summed E-state index contributed by atoms with van der Waals surface area (Å²) in [7, 11) is 0. The summed E-state index contributed by atoms with van der Waals surface area (Å²) in [5.41, 5.74) is 0.622. The molecule has 1 aromatic carbocycles. The third kappa shape index (κ3) is 2.24. The van der Waals surface area contributed by atoms with Crippen LogP contribution in [0.2, 0.25) is 10.0 Å². The number of hydrogen-bond acceptors (Lipinski definition) is 1. The fraction of sp³-hybridized carbons (Fsp3) is 0.500. The number of halogens is 2. The van der Waals surface area contributed by atoms with E-state index in [9.17, 15) is 4.79 Å². The lowest BCUT2D eigenvalue weighted by Gasteiger charge is -2.21. The summed E-state index contributed by atoms with van der Waals surface area (Å²) in [6, 6.07) is 5.13. The van der Waals surface area contributed by atoms with Gasteiger partial charge in [0.25, 0.3) is 0 Å². The van der Waals surface area contributed by atoms with Crippen LogP contribution in [0.15, 0.2) is 18.2 Å². The molecule has 0 spiro atoms. The van der Waals surface area contributed by atoms with Crippen molar-refractivity contribution in [3.63, 3.8) is 0 Å². The highest BCUT2D eigenvalue weighted by Gasteiger charge is 2.43. The van der Waals surface area contributed by atoms with Crippen molar-refractivity contribution in [2.24, 2.45) is 17.8 Å². The normalized spacial score (nSPS) is 29.6. The lowest BCUT2D eigenvalue weighted by Crippen LogP contribution is -2.27. The Hall–Kier alpha value is -0.730. The first-order chi connectivity index (χ1) is 8.63. The zero-order valence-corrected chi connectivity index (χ0v) is 11.5. The number of fused-ring (bicyclic) bond motifs is 2. The lowest BCUT2D eigenvalue weighted by molar-refractivity contribution is -0.121. The summed E-state index contributed by atoms with van der Waals surface area (Å²) in [6.45, 7) is 0. The zero-order valence-electron chi connectivity index (χ0n) is 9.96. The Morgan fingerprint density at radius 2 is 2.06 bits per heavy atom. The second-order valence-corrected chi connectivity index (χ2v) is 6.24. The highest BCUT2D eigenvalue weighted by Crippen LogP contribution is 2.48. The Bertz CT molecular complexity index is 489. The van der Waals surface area contributed by atoms with Crippen molar-refractivity contribution >= 4 is 34.8 Å². The predicted molar refractivity (Wildman–Crippen MR) is 74.0 cm³/mol. The van der Waals surface area contributed by atoms with Crippen LogP contribution < -0.4 is 5.32 Å². The number of anilines is 1. The maximum absolute atomic E-state index is 12.3. The van der Waals surface area contributed by atoms with Gasteiger partial charge >= 0.3 is 0 Å². The second kappa shape index (κ2) is 4.75. The highest BCUT2D eigenvalue weighted by atomic mass is 35.5. The predicted octanol–water partition coefficient (Wildman–Crippen LogP) is 4.37. The second-order valence-electron chi connectivity index (χ2n) is 5.39. The summed E-state index contributed by atoms with van der Waals surface area (Å²) >= 11 is 12.0. The van der Waals surface area contributed by atoms with Gasteiger partial charge in [-0.2, -0.15) is 0 Å². The van der Waals surface area contributed by atoms with Crippen LogP contribution in [0.4, 0.5) is 5.69 Å². The SMILES string of the molecule is O=C(Nc1cc(Cl)ccc1Cl)C1CC2CCC1C2. The minimum Gasteiger partial charge on any atom is -0.324 e. The van der Waals surface area contributed by atoms with E-state index in [0.717, 1.165) is 12.3 Å². The van der Waals surface area contributed by atoms with Crippen LogP contribution in [0, 0.1) is 17.8 Å². The molecule has 0 radical (unpaired) electrons. The first-order valence-electron chi connectivity index (χ1n) is 6.39. The first kappa shape index (κ1) is 12.3. The van der Waals surface area contributed by atoms with E-state index >= 15 is 0 Å². The van der Waals surface area contributed by atoms with Crippen molar-refractivity contribution in [3.8, 4) is 0 Å². The van der Waals surface area contributed by atoms with Crippen LogP contribution in [0.1, 0.15) is 25.7 Å². The van der Waals surface area contributed by atoms with Gasteiger partial charge in [-0.1, -0.05) is 29.6 Å². The fourth-order valence-corrected chi connectivity index (χ4v) is 3.72. The molecule has 0 heterocycles. The molecule has 2 bridgehead atoms. The summed E-state index contributed by atoms with van der Waals surface area (Å²) < 4.78 is 0. The molecule has 1 aromatic rings. The molecule has 2 aliphatic carbocycles. The molecule has 0 aliphatic heterocycles. The molecule has 1 N–H and O–H groups in total. The maximum atomic E-state index is 12.3. The number of rotatable bonds is 2. The molecular weight excluding hydrogens is 269 g/mol. The molecular formula is C14H15Cl2NO. The third-order valence-electron chi connectivity index (χ3n) is 4.26. The minimum absolute atomic E-state index is 0.103. The largest absolute Gasteiger partial charge is 0.324 e. The van der Waals surface area contributed by atoms with Gasteiger partial charge in [-0.25, -0.2) is 0 Å². The van der Waals surface area contributed by atoms with Gasteiger partial charge in [0.2, 0.25) is 5.91 Å². The van der Waals surface area contributed by atoms with E-state index in [1.165, 1.54) is 19.3 Å². The number of nitrogens with one attached hydrogen (secondary N) is 1. The lowest BCUT2D eigenvalue weighted by atomic mass is 9.88. The van der Waals surface area contributed by atoms with E-state index in [-0.39, 0.29) is 11.8 Å². The minimum atomic E-state index is 0.103. The van der Waals surface area contributed by atoms with Crippen molar-refractivity contribution in [1.29, 1.82) is 0 Å². The number of carbonyl (C=O) groups is 1. The quantitative estimate of drug-likeness (QED) is 0.858. The molecule has 18 heavy (non-hydrogen) atoms. The molecule has 2 fully saturated rings. The number of amides is 1. The summed E-state index contributed by atoms with van der Waals surface area (Å²) in [5, 5.41) is 4.05. The molecule has 1 amide bonds. The van der Waals surface area contributed by atoms with Crippen LogP contribution in [0.25, 0.3) is 0 Å². The van der Waals surface area contributed by atoms with Gasteiger partial charge in [0.1, 0.15) is 0 Å². The van der Waals surface area contributed by atoms with Crippen LogP contribution >= 0.6 is 23.2 Å². The van der Waals surface area contributed by atoms with Gasteiger partial charge in [0.05, 0.1) is 10.7 Å². The van der Waals surface area contributed by atoms with E-state index < -0.39 is 0 Å². The molecule has 0 aromatic heterocycles. The van der Waals surface area contributed by atoms with E-state index in [4.69, 9.17) is 23.2 Å². The Morgan fingerprint density at radius 3 is 2.72 bits per heavy atom. The van der Waals surface area contributed by atoms with E-state index in [1.807, 2.05) is 0 Å². The summed E-state index contributed by atoms with van der Waals surface area (Å²) in [4.78, 5) is 12.3. The molecule has 4 heteroatoms. The molecule has 3 unspecified atom stereocenters. The molecule has 96 valence electrons. The molecule has 2 aliphatic rings. The molecule has 2 nitrogen and oxygen atoms in total. The standard InChI is InChI=1S/C14H15Cl2NO/c15-10-3-4-12(16)13(7-10)17-14(18)11-6-8-1-2-9(11)5-8/h3-4,7-9,11H,1-2,5-6H2,(H,17,18). The highest BCUT2D eigenvalue weighted by molar-refractivity contribution is 6.35. The van der Waals surface area contributed by atoms with Crippen LogP contribution in [0.3, 0.4) is 0 Å². The van der Waals surface area contributed by atoms with Crippen LogP contribution in [0.5, 0.6) is 0 Å². The number of benzene rings is 1. The zero-order chi connectivity index (χ0) is 12.7. The monoisotopic (exact) mass is 283 g/mol. The van der Waals surface area contributed by atoms with Gasteiger partial charge in [-0.15, -0.1) is 0 Å². The smallest absolute Gasteiger partial charge is 0.227 e. The van der Waals surface area contributed by atoms with Gasteiger partial charge < -0.3 is 5.32 Å². The summed E-state index contributed by atoms with van der Waals surface area (Å²) in [6.07, 6.45) is 4.76. The van der Waals surface area contributed by atoms with Gasteiger partial charge in [0, 0.05) is 10.9 Å². The topological polar surface area (TPSA) is 29.1 Å². The average molecular weight is 284 g/mol. The molecule has 3 atom stereocenters. The Labute approximate surface area is 117 Å². The average Bonchev–Trinajstić information content (AvgIpc) is 2.96. The Kier molecular flexibility index (Phi) is 3.25. The molecule has 2 saturated carbocycles. The van der Waals surface area contributed by atoms with Crippen molar-refractivity contribution in [1.82, 2.24) is 0 Å². The number of carbonyl (C=O) groups excluding carboxylic acids is 1.